The summed E-state index contributed by atoms with van der Waals surface area (Å²) >= 11 is 0. The smallest absolute Gasteiger partial charge is 0.243 e. The SMILES string of the molecule is CCc1nnc(NC(CC)(CO)CO)nc1CC. The van der Waals surface area contributed by atoms with E-state index < -0.39 is 5.54 Å². The Morgan fingerprint density at radius 2 is 1.61 bits per heavy atom. The highest BCUT2D eigenvalue weighted by Gasteiger charge is 2.27. The maximum atomic E-state index is 9.37. The van der Waals surface area contributed by atoms with E-state index in [-0.39, 0.29) is 13.2 Å². The van der Waals surface area contributed by atoms with Crippen molar-refractivity contribution in [2.24, 2.45) is 0 Å². The van der Waals surface area contributed by atoms with Gasteiger partial charge in [-0.15, -0.1) is 5.10 Å². The number of hydrogen-bond donors (Lipinski definition) is 3. The Kier molecular flexibility index (Phi) is 5.43. The van der Waals surface area contributed by atoms with Crippen LogP contribution in [0.2, 0.25) is 0 Å². The molecule has 0 fully saturated rings. The highest BCUT2D eigenvalue weighted by molar-refractivity contribution is 5.30. The quantitative estimate of drug-likeness (QED) is 0.658. The molecule has 0 aliphatic rings. The average Bonchev–Trinajstić information content (AvgIpc) is 2.44. The molecule has 1 rings (SSSR count). The molecule has 102 valence electrons. The van der Waals surface area contributed by atoms with Crippen LogP contribution in [0.1, 0.15) is 38.6 Å². The Hall–Kier alpha value is -1.27. The molecule has 6 heteroatoms. The molecule has 1 heterocycles. The molecule has 1 aromatic rings. The summed E-state index contributed by atoms with van der Waals surface area (Å²) in [5.74, 6) is 0.356. The van der Waals surface area contributed by atoms with Gasteiger partial charge in [-0.05, 0) is 19.3 Å². The minimum absolute atomic E-state index is 0.180. The zero-order chi connectivity index (χ0) is 13.6. The third-order valence-corrected chi connectivity index (χ3v) is 3.17. The number of aliphatic hydroxyl groups excluding tert-OH is 2. The summed E-state index contributed by atoms with van der Waals surface area (Å²) in [4.78, 5) is 4.38. The third kappa shape index (κ3) is 3.14. The van der Waals surface area contributed by atoms with Crippen molar-refractivity contribution < 1.29 is 10.2 Å². The van der Waals surface area contributed by atoms with Crippen LogP contribution in [0.5, 0.6) is 0 Å². The summed E-state index contributed by atoms with van der Waals surface area (Å²) in [6.07, 6.45) is 2.15. The van der Waals surface area contributed by atoms with Gasteiger partial charge in [0, 0.05) is 0 Å². The minimum atomic E-state index is -0.791. The van der Waals surface area contributed by atoms with Gasteiger partial charge in [-0.25, -0.2) is 4.98 Å². The summed E-state index contributed by atoms with van der Waals surface area (Å²) in [7, 11) is 0. The summed E-state index contributed by atoms with van der Waals surface area (Å²) in [5, 5.41) is 29.8. The summed E-state index contributed by atoms with van der Waals surface area (Å²) in [6, 6.07) is 0. The van der Waals surface area contributed by atoms with Gasteiger partial charge in [-0.1, -0.05) is 20.8 Å². The first-order valence-electron chi connectivity index (χ1n) is 6.37. The first kappa shape index (κ1) is 14.8. The zero-order valence-electron chi connectivity index (χ0n) is 11.3. The van der Waals surface area contributed by atoms with Gasteiger partial charge in [0.1, 0.15) is 0 Å². The Labute approximate surface area is 107 Å². The van der Waals surface area contributed by atoms with Gasteiger partial charge in [0.05, 0.1) is 30.1 Å². The molecule has 0 unspecified atom stereocenters. The van der Waals surface area contributed by atoms with Gasteiger partial charge in [-0.3, -0.25) is 0 Å². The van der Waals surface area contributed by atoms with E-state index in [4.69, 9.17) is 0 Å². The van der Waals surface area contributed by atoms with Crippen LogP contribution < -0.4 is 5.32 Å². The highest BCUT2D eigenvalue weighted by Crippen LogP contribution is 2.16. The standard InChI is InChI=1S/C12H22N4O2/c1-4-9-10(5-2)15-16-11(13-9)14-12(6-3,7-17)8-18/h17-18H,4-8H2,1-3H3,(H,13,14,16). The van der Waals surface area contributed by atoms with Crippen molar-refractivity contribution in [1.82, 2.24) is 15.2 Å². The van der Waals surface area contributed by atoms with E-state index in [0.29, 0.717) is 12.4 Å². The lowest BCUT2D eigenvalue weighted by Gasteiger charge is -2.29. The van der Waals surface area contributed by atoms with Crippen molar-refractivity contribution in [1.29, 1.82) is 0 Å². The fraction of sp³-hybridized carbons (Fsp3) is 0.750. The molecule has 0 saturated heterocycles. The molecular weight excluding hydrogens is 232 g/mol. The fourth-order valence-corrected chi connectivity index (χ4v) is 1.67. The molecule has 18 heavy (non-hydrogen) atoms. The maximum absolute atomic E-state index is 9.37. The van der Waals surface area contributed by atoms with E-state index in [0.717, 1.165) is 24.2 Å². The van der Waals surface area contributed by atoms with Crippen LogP contribution in [0.15, 0.2) is 0 Å². The van der Waals surface area contributed by atoms with Gasteiger partial charge in [-0.2, -0.15) is 5.10 Å². The van der Waals surface area contributed by atoms with Crippen molar-refractivity contribution in [3.05, 3.63) is 11.4 Å². The first-order chi connectivity index (χ1) is 8.64. The van der Waals surface area contributed by atoms with E-state index in [1.165, 1.54) is 0 Å². The number of anilines is 1. The lowest BCUT2D eigenvalue weighted by atomic mass is 9.99. The maximum Gasteiger partial charge on any atom is 0.243 e. The molecule has 0 amide bonds. The molecule has 0 aliphatic heterocycles. The lowest BCUT2D eigenvalue weighted by Crippen LogP contribution is -2.45. The second-order valence-electron chi connectivity index (χ2n) is 4.31. The van der Waals surface area contributed by atoms with Crippen LogP contribution in [0.25, 0.3) is 0 Å². The summed E-state index contributed by atoms with van der Waals surface area (Å²) < 4.78 is 0. The van der Waals surface area contributed by atoms with Crippen LogP contribution in [-0.2, 0) is 12.8 Å². The third-order valence-electron chi connectivity index (χ3n) is 3.17. The first-order valence-corrected chi connectivity index (χ1v) is 6.37. The molecule has 0 bridgehead atoms. The molecule has 0 saturated carbocycles. The Balaban J connectivity index is 2.97. The highest BCUT2D eigenvalue weighted by atomic mass is 16.3. The predicted octanol–water partition coefficient (Wildman–Crippen LogP) is 0.542. The van der Waals surface area contributed by atoms with E-state index in [2.05, 4.69) is 20.5 Å². The van der Waals surface area contributed by atoms with Gasteiger partial charge in [0.2, 0.25) is 5.95 Å². The zero-order valence-corrected chi connectivity index (χ0v) is 11.3. The van der Waals surface area contributed by atoms with Gasteiger partial charge >= 0.3 is 0 Å². The van der Waals surface area contributed by atoms with Gasteiger partial charge in [0.15, 0.2) is 0 Å². The number of hydrogen-bond acceptors (Lipinski definition) is 6. The molecule has 0 radical (unpaired) electrons. The monoisotopic (exact) mass is 254 g/mol. The number of nitrogens with one attached hydrogen (secondary N) is 1. The second-order valence-corrected chi connectivity index (χ2v) is 4.31. The molecule has 1 aromatic heterocycles. The molecular formula is C12H22N4O2. The normalized spacial score (nSPS) is 11.6. The van der Waals surface area contributed by atoms with Gasteiger partial charge in [0.25, 0.3) is 0 Å². The molecule has 3 N–H and O–H groups in total. The Morgan fingerprint density at radius 1 is 1.00 bits per heavy atom. The number of rotatable bonds is 7. The predicted molar refractivity (Wildman–Crippen MR) is 69.4 cm³/mol. The van der Waals surface area contributed by atoms with E-state index in [1.807, 2.05) is 20.8 Å². The van der Waals surface area contributed by atoms with E-state index in [1.54, 1.807) is 0 Å². The molecule has 0 aromatic carbocycles. The summed E-state index contributed by atoms with van der Waals surface area (Å²) in [6.45, 7) is 5.54. The van der Waals surface area contributed by atoms with Crippen LogP contribution in [0, 0.1) is 0 Å². The second kappa shape index (κ2) is 6.61. The number of aliphatic hydroxyl groups is 2. The molecule has 0 spiro atoms. The van der Waals surface area contributed by atoms with Crippen LogP contribution >= 0.6 is 0 Å². The number of nitrogens with zero attached hydrogens (tertiary/aromatic N) is 3. The largest absolute Gasteiger partial charge is 0.394 e. The molecule has 0 aliphatic carbocycles. The van der Waals surface area contributed by atoms with E-state index >= 15 is 0 Å². The lowest BCUT2D eigenvalue weighted by molar-refractivity contribution is 0.132. The van der Waals surface area contributed by atoms with Crippen molar-refractivity contribution >= 4 is 5.95 Å². The minimum Gasteiger partial charge on any atom is -0.394 e. The van der Waals surface area contributed by atoms with Crippen LogP contribution in [0.3, 0.4) is 0 Å². The van der Waals surface area contributed by atoms with Crippen molar-refractivity contribution in [3.8, 4) is 0 Å². The Morgan fingerprint density at radius 3 is 2.06 bits per heavy atom. The summed E-state index contributed by atoms with van der Waals surface area (Å²) in [5.41, 5.74) is 0.995. The fourth-order valence-electron chi connectivity index (χ4n) is 1.67. The Bertz CT molecular complexity index is 372. The van der Waals surface area contributed by atoms with Crippen molar-refractivity contribution in [3.63, 3.8) is 0 Å². The molecule has 6 nitrogen and oxygen atoms in total. The van der Waals surface area contributed by atoms with Crippen molar-refractivity contribution in [2.75, 3.05) is 18.5 Å². The molecule has 0 atom stereocenters. The van der Waals surface area contributed by atoms with Gasteiger partial charge < -0.3 is 15.5 Å². The van der Waals surface area contributed by atoms with E-state index in [9.17, 15) is 10.2 Å². The number of aryl methyl sites for hydroxylation is 2. The topological polar surface area (TPSA) is 91.2 Å². The number of aromatic nitrogens is 3. The average molecular weight is 254 g/mol. The van der Waals surface area contributed by atoms with Crippen molar-refractivity contribution in [2.45, 2.75) is 45.6 Å². The van der Waals surface area contributed by atoms with Crippen LogP contribution in [-0.4, -0.2) is 44.1 Å². The van der Waals surface area contributed by atoms with Crippen LogP contribution in [0.4, 0.5) is 5.95 Å².